The summed E-state index contributed by atoms with van der Waals surface area (Å²) in [6.07, 6.45) is 3.71. The highest BCUT2D eigenvalue weighted by atomic mass is 19.1. The standard InChI is InChI=1S/C13H15FN2O2/c1-18-11-7-10-9(6-8(11)14)15-12(17)13(16-10)4-2-3-5-13/h6-7,16H,2-5H2,1H3,(H,15,17). The molecule has 1 aromatic carbocycles. The van der Waals surface area contributed by atoms with Crippen LogP contribution in [0.3, 0.4) is 0 Å². The van der Waals surface area contributed by atoms with Gasteiger partial charge in [-0.05, 0) is 12.8 Å². The van der Waals surface area contributed by atoms with E-state index in [2.05, 4.69) is 10.6 Å². The summed E-state index contributed by atoms with van der Waals surface area (Å²) in [7, 11) is 1.43. The Morgan fingerprint density at radius 1 is 1.28 bits per heavy atom. The first-order chi connectivity index (χ1) is 8.64. The molecule has 1 aromatic rings. The molecule has 96 valence electrons. The second-order valence-corrected chi connectivity index (χ2v) is 4.90. The van der Waals surface area contributed by atoms with E-state index in [1.165, 1.54) is 13.2 Å². The Kier molecular flexibility index (Phi) is 2.43. The second kappa shape index (κ2) is 3.86. The van der Waals surface area contributed by atoms with Crippen LogP contribution in [-0.4, -0.2) is 18.6 Å². The van der Waals surface area contributed by atoms with Crippen LogP contribution in [0.4, 0.5) is 15.8 Å². The lowest BCUT2D eigenvalue weighted by Crippen LogP contribution is -2.50. The van der Waals surface area contributed by atoms with Crippen LogP contribution in [0.2, 0.25) is 0 Å². The first-order valence-corrected chi connectivity index (χ1v) is 6.12. The van der Waals surface area contributed by atoms with Crippen molar-refractivity contribution in [3.05, 3.63) is 17.9 Å². The molecule has 1 amide bonds. The van der Waals surface area contributed by atoms with Crippen LogP contribution in [0.5, 0.6) is 5.75 Å². The van der Waals surface area contributed by atoms with E-state index in [1.54, 1.807) is 6.07 Å². The molecule has 1 saturated carbocycles. The Morgan fingerprint density at radius 2 is 2.00 bits per heavy atom. The Bertz CT molecular complexity index is 510. The van der Waals surface area contributed by atoms with Gasteiger partial charge in [0.1, 0.15) is 5.54 Å². The topological polar surface area (TPSA) is 50.4 Å². The zero-order valence-corrected chi connectivity index (χ0v) is 10.2. The minimum atomic E-state index is -0.518. The van der Waals surface area contributed by atoms with Crippen molar-refractivity contribution < 1.29 is 13.9 Å². The average Bonchev–Trinajstić information content (AvgIpc) is 2.80. The summed E-state index contributed by atoms with van der Waals surface area (Å²) in [5, 5.41) is 6.05. The first kappa shape index (κ1) is 11.3. The number of halogens is 1. The van der Waals surface area contributed by atoms with Crippen LogP contribution in [0.1, 0.15) is 25.7 Å². The predicted octanol–water partition coefficient (Wildman–Crippen LogP) is 2.51. The third-order valence-corrected chi connectivity index (χ3v) is 3.81. The third-order valence-electron chi connectivity index (χ3n) is 3.81. The average molecular weight is 250 g/mol. The number of carbonyl (C=O) groups is 1. The number of anilines is 2. The summed E-state index contributed by atoms with van der Waals surface area (Å²) < 4.78 is 18.5. The molecule has 3 rings (SSSR count). The summed E-state index contributed by atoms with van der Waals surface area (Å²) in [6, 6.07) is 2.89. The number of carbonyl (C=O) groups excluding carboxylic acids is 1. The van der Waals surface area contributed by atoms with Gasteiger partial charge in [0.2, 0.25) is 5.91 Å². The number of nitrogens with one attached hydrogen (secondary N) is 2. The summed E-state index contributed by atoms with van der Waals surface area (Å²) >= 11 is 0. The third kappa shape index (κ3) is 1.54. The van der Waals surface area contributed by atoms with Crippen molar-refractivity contribution in [1.82, 2.24) is 0 Å². The molecule has 0 saturated heterocycles. The Balaban J connectivity index is 2.03. The molecule has 4 nitrogen and oxygen atoms in total. The molecule has 0 atom stereocenters. The van der Waals surface area contributed by atoms with E-state index >= 15 is 0 Å². The van der Waals surface area contributed by atoms with Crippen LogP contribution in [-0.2, 0) is 4.79 Å². The lowest BCUT2D eigenvalue weighted by atomic mass is 9.93. The molecule has 1 heterocycles. The van der Waals surface area contributed by atoms with Crippen LogP contribution >= 0.6 is 0 Å². The van der Waals surface area contributed by atoms with Gasteiger partial charge in [0.05, 0.1) is 18.5 Å². The second-order valence-electron chi connectivity index (χ2n) is 4.90. The van der Waals surface area contributed by atoms with Crippen molar-refractivity contribution in [1.29, 1.82) is 0 Å². The van der Waals surface area contributed by atoms with Crippen molar-refractivity contribution >= 4 is 17.3 Å². The molecule has 1 spiro atoms. The fourth-order valence-electron chi connectivity index (χ4n) is 2.80. The van der Waals surface area contributed by atoms with Crippen molar-refractivity contribution in [3.8, 4) is 5.75 Å². The molecule has 2 N–H and O–H groups in total. The number of fused-ring (bicyclic) bond motifs is 1. The van der Waals surface area contributed by atoms with Crippen LogP contribution in [0.15, 0.2) is 12.1 Å². The SMILES string of the molecule is COc1cc2c(cc1F)NC(=O)C1(CCCC1)N2. The minimum absolute atomic E-state index is 0.0583. The quantitative estimate of drug-likeness (QED) is 0.805. The van der Waals surface area contributed by atoms with Crippen molar-refractivity contribution in [2.24, 2.45) is 0 Å². The maximum atomic E-state index is 13.6. The van der Waals surface area contributed by atoms with Crippen molar-refractivity contribution in [3.63, 3.8) is 0 Å². The minimum Gasteiger partial charge on any atom is -0.494 e. The van der Waals surface area contributed by atoms with E-state index in [-0.39, 0.29) is 11.7 Å². The maximum Gasteiger partial charge on any atom is 0.250 e. The van der Waals surface area contributed by atoms with Gasteiger partial charge < -0.3 is 15.4 Å². The molecule has 2 aliphatic rings. The Labute approximate surface area is 105 Å². The van der Waals surface area contributed by atoms with Gasteiger partial charge in [-0.25, -0.2) is 4.39 Å². The van der Waals surface area contributed by atoms with Crippen LogP contribution < -0.4 is 15.4 Å². The largest absolute Gasteiger partial charge is 0.494 e. The van der Waals surface area contributed by atoms with Crippen LogP contribution in [0, 0.1) is 5.82 Å². The van der Waals surface area contributed by atoms with Gasteiger partial charge in [-0.15, -0.1) is 0 Å². The highest BCUT2D eigenvalue weighted by Crippen LogP contribution is 2.41. The van der Waals surface area contributed by atoms with E-state index in [4.69, 9.17) is 4.74 Å². The van der Waals surface area contributed by atoms with Gasteiger partial charge in [-0.2, -0.15) is 0 Å². The Hall–Kier alpha value is -1.78. The van der Waals surface area contributed by atoms with Crippen molar-refractivity contribution in [2.45, 2.75) is 31.2 Å². The fourth-order valence-corrected chi connectivity index (χ4v) is 2.80. The number of benzene rings is 1. The highest BCUT2D eigenvalue weighted by molar-refractivity contribution is 6.06. The Morgan fingerprint density at radius 3 is 2.67 bits per heavy atom. The summed E-state index contributed by atoms with van der Waals surface area (Å²) in [5.41, 5.74) is 0.695. The number of methoxy groups -OCH3 is 1. The molecular weight excluding hydrogens is 235 g/mol. The molecular formula is C13H15FN2O2. The number of hydrogen-bond acceptors (Lipinski definition) is 3. The first-order valence-electron chi connectivity index (χ1n) is 6.12. The van der Waals surface area contributed by atoms with Gasteiger partial charge >= 0.3 is 0 Å². The van der Waals surface area contributed by atoms with Gasteiger partial charge in [0.25, 0.3) is 0 Å². The van der Waals surface area contributed by atoms with Crippen molar-refractivity contribution in [2.75, 3.05) is 17.7 Å². The number of amides is 1. The molecule has 0 bridgehead atoms. The lowest BCUT2D eigenvalue weighted by molar-refractivity contribution is -0.120. The highest BCUT2D eigenvalue weighted by Gasteiger charge is 2.44. The van der Waals surface area contributed by atoms with Gasteiger partial charge in [-0.3, -0.25) is 4.79 Å². The lowest BCUT2D eigenvalue weighted by Gasteiger charge is -2.35. The zero-order chi connectivity index (χ0) is 12.8. The van der Waals surface area contributed by atoms with E-state index < -0.39 is 11.4 Å². The maximum absolute atomic E-state index is 13.6. The zero-order valence-electron chi connectivity index (χ0n) is 10.2. The molecule has 0 radical (unpaired) electrons. The fraction of sp³-hybridized carbons (Fsp3) is 0.462. The van der Waals surface area contributed by atoms with E-state index in [0.717, 1.165) is 31.4 Å². The van der Waals surface area contributed by atoms with Gasteiger partial charge in [0.15, 0.2) is 11.6 Å². The van der Waals surface area contributed by atoms with E-state index in [1.807, 2.05) is 0 Å². The summed E-state index contributed by atoms with van der Waals surface area (Å²) in [6.45, 7) is 0. The molecule has 0 unspecified atom stereocenters. The number of rotatable bonds is 1. The van der Waals surface area contributed by atoms with Gasteiger partial charge in [0, 0.05) is 12.1 Å². The smallest absolute Gasteiger partial charge is 0.250 e. The molecule has 18 heavy (non-hydrogen) atoms. The number of ether oxygens (including phenoxy) is 1. The molecule has 0 aromatic heterocycles. The monoisotopic (exact) mass is 250 g/mol. The summed E-state index contributed by atoms with van der Waals surface area (Å²) in [5.74, 6) is -0.344. The van der Waals surface area contributed by atoms with E-state index in [0.29, 0.717) is 5.69 Å². The predicted molar refractivity (Wildman–Crippen MR) is 66.4 cm³/mol. The molecule has 5 heteroatoms. The van der Waals surface area contributed by atoms with E-state index in [9.17, 15) is 9.18 Å². The molecule has 1 aliphatic heterocycles. The molecule has 1 fully saturated rings. The molecule has 1 aliphatic carbocycles. The summed E-state index contributed by atoms with van der Waals surface area (Å²) in [4.78, 5) is 12.1. The van der Waals surface area contributed by atoms with Crippen LogP contribution in [0.25, 0.3) is 0 Å². The van der Waals surface area contributed by atoms with Gasteiger partial charge in [-0.1, -0.05) is 12.8 Å². The number of hydrogen-bond donors (Lipinski definition) is 2. The normalized spacial score (nSPS) is 20.2.